The summed E-state index contributed by atoms with van der Waals surface area (Å²) in [5, 5.41) is 13.2. The molecule has 2 rings (SSSR count). The first kappa shape index (κ1) is 8.48. The van der Waals surface area contributed by atoms with Crippen LogP contribution in [0.1, 0.15) is 5.56 Å². The van der Waals surface area contributed by atoms with Crippen LogP contribution in [-0.4, -0.2) is 10.1 Å². The van der Waals surface area contributed by atoms with Crippen molar-refractivity contribution in [2.75, 3.05) is 0 Å². The minimum atomic E-state index is 0.215. The normalized spacial score (nSPS) is 10.2. The highest BCUT2D eigenvalue weighted by Crippen LogP contribution is 2.26. The predicted molar refractivity (Wildman–Crippen MR) is 49.2 cm³/mol. The number of nitriles is 1. The maximum Gasteiger partial charge on any atom is 0.261 e. The standard InChI is InChI=1S/C7HBrClN3O/c8-6-5-3(2-10)1-4(9)11-7(5)13-12-6/h1H. The number of pyridine rings is 1. The lowest BCUT2D eigenvalue weighted by Crippen LogP contribution is -1.81. The van der Waals surface area contributed by atoms with Gasteiger partial charge in [-0.1, -0.05) is 16.8 Å². The Morgan fingerprint density at radius 2 is 2.38 bits per heavy atom. The molecular formula is C7HBrClN3O. The molecule has 0 spiro atoms. The Hall–Kier alpha value is -1.12. The van der Waals surface area contributed by atoms with Crippen LogP contribution in [0.15, 0.2) is 15.2 Å². The lowest BCUT2D eigenvalue weighted by Gasteiger charge is -1.91. The first-order valence-corrected chi connectivity index (χ1v) is 4.41. The molecule has 0 fully saturated rings. The Morgan fingerprint density at radius 1 is 1.62 bits per heavy atom. The summed E-state index contributed by atoms with van der Waals surface area (Å²) in [6, 6.07) is 3.45. The second-order valence-corrected chi connectivity index (χ2v) is 3.40. The topological polar surface area (TPSA) is 62.7 Å². The molecular weight excluding hydrogens is 257 g/mol. The van der Waals surface area contributed by atoms with E-state index in [0.717, 1.165) is 0 Å². The molecule has 0 aliphatic heterocycles. The quantitative estimate of drug-likeness (QED) is 0.681. The zero-order valence-electron chi connectivity index (χ0n) is 6.08. The third-order valence-corrected chi connectivity index (χ3v) is 2.23. The molecule has 0 saturated heterocycles. The van der Waals surface area contributed by atoms with Gasteiger partial charge in [0.15, 0.2) is 4.60 Å². The summed E-state index contributed by atoms with van der Waals surface area (Å²) in [7, 11) is 0. The minimum Gasteiger partial charge on any atom is -0.335 e. The largest absolute Gasteiger partial charge is 0.335 e. The van der Waals surface area contributed by atoms with Gasteiger partial charge in [-0.25, -0.2) is 0 Å². The molecule has 0 saturated carbocycles. The summed E-state index contributed by atoms with van der Waals surface area (Å²) >= 11 is 8.79. The molecule has 0 radical (unpaired) electrons. The van der Waals surface area contributed by atoms with E-state index in [1.807, 2.05) is 6.07 Å². The fraction of sp³-hybridized carbons (Fsp3) is 0. The predicted octanol–water partition coefficient (Wildman–Crippen LogP) is 2.51. The van der Waals surface area contributed by atoms with E-state index in [0.29, 0.717) is 15.6 Å². The monoisotopic (exact) mass is 257 g/mol. The Kier molecular flexibility index (Phi) is 1.94. The van der Waals surface area contributed by atoms with Crippen molar-refractivity contribution in [1.29, 1.82) is 5.26 Å². The van der Waals surface area contributed by atoms with Crippen molar-refractivity contribution in [2.24, 2.45) is 0 Å². The molecule has 6 heteroatoms. The average molecular weight is 258 g/mol. The van der Waals surface area contributed by atoms with E-state index in [1.54, 1.807) is 0 Å². The molecule has 13 heavy (non-hydrogen) atoms. The van der Waals surface area contributed by atoms with Crippen LogP contribution in [0.5, 0.6) is 0 Å². The van der Waals surface area contributed by atoms with Crippen LogP contribution >= 0.6 is 27.5 Å². The lowest BCUT2D eigenvalue weighted by molar-refractivity contribution is 0.444. The summed E-state index contributed by atoms with van der Waals surface area (Å²) in [4.78, 5) is 3.86. The highest BCUT2D eigenvalue weighted by Gasteiger charge is 2.12. The van der Waals surface area contributed by atoms with Gasteiger partial charge in [-0.15, -0.1) is 0 Å². The first-order valence-electron chi connectivity index (χ1n) is 3.24. The molecule has 0 bridgehead atoms. The van der Waals surface area contributed by atoms with E-state index in [9.17, 15) is 0 Å². The summed E-state index contributed by atoms with van der Waals surface area (Å²) in [5.74, 6) is 0. The highest BCUT2D eigenvalue weighted by molar-refractivity contribution is 9.10. The lowest BCUT2D eigenvalue weighted by atomic mass is 10.2. The van der Waals surface area contributed by atoms with Crippen LogP contribution < -0.4 is 0 Å². The maximum atomic E-state index is 8.78. The van der Waals surface area contributed by atoms with Crippen LogP contribution in [-0.2, 0) is 0 Å². The summed E-state index contributed by atoms with van der Waals surface area (Å²) in [6.45, 7) is 0. The van der Waals surface area contributed by atoms with E-state index in [4.69, 9.17) is 21.4 Å². The maximum absolute atomic E-state index is 8.78. The van der Waals surface area contributed by atoms with E-state index in [-0.39, 0.29) is 10.9 Å². The fourth-order valence-electron chi connectivity index (χ4n) is 0.974. The number of nitrogens with zero attached hydrogens (tertiary/aromatic N) is 3. The molecule has 0 amide bonds. The summed E-state index contributed by atoms with van der Waals surface area (Å²) in [5.41, 5.74) is 0.652. The van der Waals surface area contributed by atoms with Gasteiger partial charge < -0.3 is 4.52 Å². The molecule has 0 aliphatic rings. The van der Waals surface area contributed by atoms with E-state index >= 15 is 0 Å². The Morgan fingerprint density at radius 3 is 3.08 bits per heavy atom. The molecule has 0 N–H and O–H groups in total. The van der Waals surface area contributed by atoms with Gasteiger partial charge >= 0.3 is 0 Å². The SMILES string of the molecule is N#Cc1cc(Cl)nc2onc(Br)c12. The molecule has 0 aliphatic carbocycles. The number of fused-ring (bicyclic) bond motifs is 1. The van der Waals surface area contributed by atoms with Gasteiger partial charge in [0.2, 0.25) is 0 Å². The number of hydrogen-bond donors (Lipinski definition) is 0. The smallest absolute Gasteiger partial charge is 0.261 e. The fourth-order valence-corrected chi connectivity index (χ4v) is 1.62. The van der Waals surface area contributed by atoms with Crippen LogP contribution in [0, 0.1) is 11.3 Å². The second kappa shape index (κ2) is 2.98. The molecule has 2 heterocycles. The average Bonchev–Trinajstić information content (AvgIpc) is 2.46. The summed E-state index contributed by atoms with van der Waals surface area (Å²) in [6.07, 6.45) is 0. The minimum absolute atomic E-state index is 0.215. The number of hydrogen-bond acceptors (Lipinski definition) is 4. The molecule has 4 nitrogen and oxygen atoms in total. The van der Waals surface area contributed by atoms with Crippen molar-refractivity contribution in [1.82, 2.24) is 10.1 Å². The Bertz CT molecular complexity index is 516. The third-order valence-electron chi connectivity index (χ3n) is 1.49. The van der Waals surface area contributed by atoms with Crippen LogP contribution in [0.4, 0.5) is 0 Å². The van der Waals surface area contributed by atoms with E-state index in [1.165, 1.54) is 6.07 Å². The zero-order chi connectivity index (χ0) is 9.42. The number of rotatable bonds is 0. The second-order valence-electron chi connectivity index (χ2n) is 2.26. The zero-order valence-corrected chi connectivity index (χ0v) is 8.43. The summed E-state index contributed by atoms with van der Waals surface area (Å²) < 4.78 is 5.29. The van der Waals surface area contributed by atoms with Gasteiger partial charge in [0, 0.05) is 0 Å². The molecule has 2 aromatic heterocycles. The van der Waals surface area contributed by atoms with Gasteiger partial charge in [0.25, 0.3) is 5.71 Å². The molecule has 64 valence electrons. The van der Waals surface area contributed by atoms with Gasteiger partial charge in [-0.2, -0.15) is 10.2 Å². The van der Waals surface area contributed by atoms with Gasteiger partial charge in [-0.3, -0.25) is 0 Å². The van der Waals surface area contributed by atoms with Gasteiger partial charge in [-0.05, 0) is 22.0 Å². The van der Waals surface area contributed by atoms with E-state index in [2.05, 4.69) is 26.1 Å². The van der Waals surface area contributed by atoms with Crippen molar-refractivity contribution < 1.29 is 4.52 Å². The van der Waals surface area contributed by atoms with Crippen LogP contribution in [0.25, 0.3) is 11.1 Å². The number of halogens is 2. The highest BCUT2D eigenvalue weighted by atomic mass is 79.9. The Balaban J connectivity index is 2.95. The van der Waals surface area contributed by atoms with Crippen molar-refractivity contribution in [3.63, 3.8) is 0 Å². The Labute approximate surface area is 86.2 Å². The van der Waals surface area contributed by atoms with Crippen LogP contribution in [0.3, 0.4) is 0 Å². The molecule has 0 aromatic carbocycles. The third kappa shape index (κ3) is 1.28. The van der Waals surface area contributed by atoms with Crippen molar-refractivity contribution in [2.45, 2.75) is 0 Å². The van der Waals surface area contributed by atoms with E-state index < -0.39 is 0 Å². The first-order chi connectivity index (χ1) is 6.22. The number of aromatic nitrogens is 2. The molecule has 2 aromatic rings. The van der Waals surface area contributed by atoms with Gasteiger partial charge in [0.05, 0.1) is 10.9 Å². The molecule has 0 unspecified atom stereocenters. The van der Waals surface area contributed by atoms with Crippen LogP contribution in [0.2, 0.25) is 5.15 Å². The van der Waals surface area contributed by atoms with Gasteiger partial charge in [0.1, 0.15) is 11.2 Å². The van der Waals surface area contributed by atoms with Crippen molar-refractivity contribution in [3.8, 4) is 6.07 Å². The molecule has 0 atom stereocenters. The van der Waals surface area contributed by atoms with Crippen molar-refractivity contribution >= 4 is 38.6 Å². The van der Waals surface area contributed by atoms with Crippen molar-refractivity contribution in [3.05, 3.63) is 21.4 Å².